The lowest BCUT2D eigenvalue weighted by atomic mass is 9.98. The maximum Gasteiger partial charge on any atom is 0.187 e. The topological polar surface area (TPSA) is 53.9 Å². The Balaban J connectivity index is 1.69. The van der Waals surface area contributed by atoms with E-state index in [1.807, 2.05) is 26.2 Å². The Morgan fingerprint density at radius 2 is 2.12 bits per heavy atom. The zero-order valence-corrected chi connectivity index (χ0v) is 15.0. The van der Waals surface area contributed by atoms with E-state index in [1.54, 1.807) is 0 Å². The van der Waals surface area contributed by atoms with E-state index in [2.05, 4.69) is 32.6 Å². The minimum Gasteiger partial charge on any atom is -0.363 e. The molecular weight excluding hydrogens is 300 g/mol. The number of aromatic amines is 1. The van der Waals surface area contributed by atoms with Crippen LogP contribution in [0.15, 0.2) is 23.4 Å². The molecule has 130 valence electrons. The molecular formula is C19H28N4O. The van der Waals surface area contributed by atoms with E-state index in [0.717, 1.165) is 48.7 Å². The van der Waals surface area contributed by atoms with Gasteiger partial charge in [-0.25, -0.2) is 4.98 Å². The third-order valence-electron chi connectivity index (χ3n) is 5.35. The first-order valence-electron chi connectivity index (χ1n) is 8.96. The molecule has 1 saturated heterocycles. The number of nitrogens with zero attached hydrogens (tertiary/aromatic N) is 3. The second-order valence-electron chi connectivity index (χ2n) is 6.98. The molecule has 0 aromatic carbocycles. The van der Waals surface area contributed by atoms with Crippen LogP contribution in [0, 0.1) is 20.8 Å². The monoisotopic (exact) mass is 328 g/mol. The van der Waals surface area contributed by atoms with Crippen LogP contribution in [0.2, 0.25) is 0 Å². The highest BCUT2D eigenvalue weighted by atomic mass is 16.1. The molecule has 0 amide bonds. The summed E-state index contributed by atoms with van der Waals surface area (Å²) < 4.78 is 2.23. The molecule has 3 rings (SSSR count). The van der Waals surface area contributed by atoms with Crippen LogP contribution in [-0.4, -0.2) is 32.0 Å². The van der Waals surface area contributed by atoms with E-state index in [0.29, 0.717) is 6.04 Å². The van der Waals surface area contributed by atoms with Gasteiger partial charge in [-0.3, -0.25) is 9.69 Å². The van der Waals surface area contributed by atoms with Crippen LogP contribution in [0.4, 0.5) is 0 Å². The van der Waals surface area contributed by atoms with Crippen LogP contribution in [-0.2, 0) is 13.1 Å². The minimum atomic E-state index is 0.173. The fraction of sp³-hybridized carbons (Fsp3) is 0.579. The normalized spacial score (nSPS) is 18.9. The van der Waals surface area contributed by atoms with Crippen LogP contribution >= 0.6 is 0 Å². The summed E-state index contributed by atoms with van der Waals surface area (Å²) in [5.74, 6) is 1.08. The number of imidazole rings is 1. The first-order chi connectivity index (χ1) is 11.6. The highest BCUT2D eigenvalue weighted by Crippen LogP contribution is 2.22. The van der Waals surface area contributed by atoms with Crippen molar-refractivity contribution in [2.24, 2.45) is 0 Å². The molecule has 5 heteroatoms. The molecule has 0 saturated carbocycles. The Morgan fingerprint density at radius 3 is 2.88 bits per heavy atom. The molecule has 1 N–H and O–H groups in total. The number of pyridine rings is 1. The zero-order valence-electron chi connectivity index (χ0n) is 15.0. The third kappa shape index (κ3) is 3.61. The van der Waals surface area contributed by atoms with Gasteiger partial charge in [-0.1, -0.05) is 6.42 Å². The molecule has 0 spiro atoms. The molecule has 2 aromatic rings. The molecule has 0 aliphatic carbocycles. The van der Waals surface area contributed by atoms with Gasteiger partial charge in [0.2, 0.25) is 0 Å². The number of rotatable bonds is 5. The number of aromatic nitrogens is 3. The van der Waals surface area contributed by atoms with Gasteiger partial charge in [0, 0.05) is 54.5 Å². The Bertz CT molecular complexity index is 746. The van der Waals surface area contributed by atoms with Crippen molar-refractivity contribution in [3.05, 3.63) is 51.5 Å². The SMILES string of the molecule is Cc1c[nH]c(CN2CCCC[C@H]2CCn2ccnc2C)c(C)c1=O. The highest BCUT2D eigenvalue weighted by molar-refractivity contribution is 5.23. The average Bonchev–Trinajstić information content (AvgIpc) is 2.99. The highest BCUT2D eigenvalue weighted by Gasteiger charge is 2.23. The Labute approximate surface area is 143 Å². The summed E-state index contributed by atoms with van der Waals surface area (Å²) in [7, 11) is 0. The van der Waals surface area contributed by atoms with Crippen molar-refractivity contribution in [1.29, 1.82) is 0 Å². The number of hydrogen-bond donors (Lipinski definition) is 1. The van der Waals surface area contributed by atoms with Gasteiger partial charge in [0.15, 0.2) is 5.43 Å². The molecule has 1 fully saturated rings. The number of H-pyrrole nitrogens is 1. The van der Waals surface area contributed by atoms with Gasteiger partial charge in [0.1, 0.15) is 5.82 Å². The summed E-state index contributed by atoms with van der Waals surface area (Å²) in [6, 6.07) is 0.574. The van der Waals surface area contributed by atoms with Crippen LogP contribution in [0.5, 0.6) is 0 Å². The average molecular weight is 328 g/mol. The van der Waals surface area contributed by atoms with Gasteiger partial charge in [0.25, 0.3) is 0 Å². The number of nitrogens with one attached hydrogen (secondary N) is 1. The van der Waals surface area contributed by atoms with Crippen molar-refractivity contribution in [3.8, 4) is 0 Å². The molecule has 0 bridgehead atoms. The maximum absolute atomic E-state index is 12.2. The van der Waals surface area contributed by atoms with Crippen molar-refractivity contribution < 1.29 is 0 Å². The number of piperidine rings is 1. The second kappa shape index (κ2) is 7.34. The van der Waals surface area contributed by atoms with Crippen molar-refractivity contribution in [2.45, 2.75) is 65.6 Å². The molecule has 0 radical (unpaired) electrons. The van der Waals surface area contributed by atoms with E-state index in [1.165, 1.54) is 19.3 Å². The molecule has 2 aromatic heterocycles. The number of aryl methyl sites for hydroxylation is 3. The lowest BCUT2D eigenvalue weighted by molar-refractivity contribution is 0.126. The lowest BCUT2D eigenvalue weighted by Gasteiger charge is -2.36. The largest absolute Gasteiger partial charge is 0.363 e. The number of hydrogen-bond acceptors (Lipinski definition) is 3. The van der Waals surface area contributed by atoms with E-state index in [4.69, 9.17) is 0 Å². The van der Waals surface area contributed by atoms with E-state index in [-0.39, 0.29) is 5.43 Å². The van der Waals surface area contributed by atoms with Gasteiger partial charge in [-0.05, 0) is 46.6 Å². The number of likely N-dealkylation sites (tertiary alicyclic amines) is 1. The summed E-state index contributed by atoms with van der Waals surface area (Å²) >= 11 is 0. The van der Waals surface area contributed by atoms with Crippen LogP contribution in [0.25, 0.3) is 0 Å². The Kier molecular flexibility index (Phi) is 5.19. The van der Waals surface area contributed by atoms with Gasteiger partial charge >= 0.3 is 0 Å². The minimum absolute atomic E-state index is 0.173. The van der Waals surface area contributed by atoms with E-state index < -0.39 is 0 Å². The molecule has 1 aliphatic heterocycles. The van der Waals surface area contributed by atoms with E-state index in [9.17, 15) is 4.79 Å². The Hall–Kier alpha value is -1.88. The first kappa shape index (κ1) is 17.0. The van der Waals surface area contributed by atoms with Gasteiger partial charge in [-0.2, -0.15) is 0 Å². The van der Waals surface area contributed by atoms with Crippen LogP contribution in [0.3, 0.4) is 0 Å². The summed E-state index contributed by atoms with van der Waals surface area (Å²) in [4.78, 5) is 22.4. The lowest BCUT2D eigenvalue weighted by Crippen LogP contribution is -2.40. The molecule has 5 nitrogen and oxygen atoms in total. The maximum atomic E-state index is 12.2. The summed E-state index contributed by atoms with van der Waals surface area (Å²) in [6.45, 7) is 8.83. The van der Waals surface area contributed by atoms with Crippen molar-refractivity contribution in [3.63, 3.8) is 0 Å². The zero-order chi connectivity index (χ0) is 17.1. The second-order valence-corrected chi connectivity index (χ2v) is 6.98. The van der Waals surface area contributed by atoms with Crippen molar-refractivity contribution >= 4 is 0 Å². The van der Waals surface area contributed by atoms with Gasteiger partial charge < -0.3 is 9.55 Å². The molecule has 1 aliphatic rings. The van der Waals surface area contributed by atoms with Gasteiger partial charge in [0.05, 0.1) is 0 Å². The standard InChI is InChI=1S/C19H28N4O/c1-14-12-21-18(15(2)19(14)24)13-23-9-5-4-6-17(23)7-10-22-11-8-20-16(22)3/h8,11-12,17H,4-7,9-10,13H2,1-3H3,(H,21,24)/t17-/m0/s1. The molecule has 1 atom stereocenters. The first-order valence-corrected chi connectivity index (χ1v) is 8.96. The third-order valence-corrected chi connectivity index (χ3v) is 5.35. The van der Waals surface area contributed by atoms with Crippen molar-refractivity contribution in [1.82, 2.24) is 19.4 Å². The molecule has 3 heterocycles. The Morgan fingerprint density at radius 1 is 1.29 bits per heavy atom. The fourth-order valence-electron chi connectivity index (χ4n) is 3.69. The summed E-state index contributed by atoms with van der Waals surface area (Å²) in [6.07, 6.45) is 10.7. The molecule has 0 unspecified atom stereocenters. The van der Waals surface area contributed by atoms with Gasteiger partial charge in [-0.15, -0.1) is 0 Å². The smallest absolute Gasteiger partial charge is 0.187 e. The van der Waals surface area contributed by atoms with E-state index >= 15 is 0 Å². The predicted molar refractivity (Wildman–Crippen MR) is 96.2 cm³/mol. The summed E-state index contributed by atoms with van der Waals surface area (Å²) in [5, 5.41) is 0. The predicted octanol–water partition coefficient (Wildman–Crippen LogP) is 2.94. The fourth-order valence-corrected chi connectivity index (χ4v) is 3.69. The van der Waals surface area contributed by atoms with Crippen LogP contribution in [0.1, 0.15) is 48.3 Å². The molecule has 24 heavy (non-hydrogen) atoms. The quantitative estimate of drug-likeness (QED) is 0.918. The summed E-state index contributed by atoms with van der Waals surface area (Å²) in [5.41, 5.74) is 2.90. The van der Waals surface area contributed by atoms with Crippen LogP contribution < -0.4 is 5.43 Å². The van der Waals surface area contributed by atoms with Crippen molar-refractivity contribution in [2.75, 3.05) is 6.54 Å².